The van der Waals surface area contributed by atoms with Crippen LogP contribution in [0.25, 0.3) is 6.08 Å². The highest BCUT2D eigenvalue weighted by molar-refractivity contribution is 7.07. The Kier molecular flexibility index (Phi) is 7.15. The van der Waals surface area contributed by atoms with Gasteiger partial charge in [-0.3, -0.25) is 19.5 Å². The molecule has 0 N–H and O–H groups in total. The van der Waals surface area contributed by atoms with Gasteiger partial charge in [0.25, 0.3) is 11.2 Å². The number of hydrogen-bond acceptors (Lipinski definition) is 9. The van der Waals surface area contributed by atoms with Gasteiger partial charge in [0.2, 0.25) is 0 Å². The number of rotatable bonds is 5. The van der Waals surface area contributed by atoms with Crippen molar-refractivity contribution in [3.8, 4) is 0 Å². The molecule has 1 saturated heterocycles. The second-order valence-corrected chi connectivity index (χ2v) is 10.1. The number of anilines is 1. The second-order valence-electron chi connectivity index (χ2n) is 8.73. The molecule has 0 spiro atoms. The van der Waals surface area contributed by atoms with E-state index in [-0.39, 0.29) is 21.8 Å². The van der Waals surface area contributed by atoms with Crippen molar-refractivity contribution in [2.75, 3.05) is 38.3 Å². The first-order valence-electron chi connectivity index (χ1n) is 11.8. The number of allylic oxidation sites excluding steroid dienone is 1. The van der Waals surface area contributed by atoms with Gasteiger partial charge in [0.05, 0.1) is 47.1 Å². The van der Waals surface area contributed by atoms with Crippen molar-refractivity contribution < 1.29 is 19.2 Å². The number of hydrogen-bond donors (Lipinski definition) is 0. The third kappa shape index (κ3) is 4.75. The molecule has 1 fully saturated rings. The lowest BCUT2D eigenvalue weighted by atomic mass is 9.95. The highest BCUT2D eigenvalue weighted by Crippen LogP contribution is 2.34. The molecule has 10 nitrogen and oxygen atoms in total. The largest absolute Gasteiger partial charge is 0.466 e. The van der Waals surface area contributed by atoms with Crippen LogP contribution in [0.4, 0.5) is 11.4 Å². The van der Waals surface area contributed by atoms with Crippen LogP contribution in [0.2, 0.25) is 5.02 Å². The van der Waals surface area contributed by atoms with E-state index in [1.165, 1.54) is 35.1 Å². The number of ether oxygens (including phenoxy) is 2. The summed E-state index contributed by atoms with van der Waals surface area (Å²) in [6, 6.07) is 11.1. The smallest absolute Gasteiger partial charge is 0.338 e. The number of esters is 1. The summed E-state index contributed by atoms with van der Waals surface area (Å²) in [4.78, 5) is 44.6. The average molecular weight is 555 g/mol. The lowest BCUT2D eigenvalue weighted by Crippen LogP contribution is -2.39. The van der Waals surface area contributed by atoms with Crippen LogP contribution in [0.1, 0.15) is 24.1 Å². The molecule has 2 aliphatic rings. The Morgan fingerprint density at radius 2 is 1.95 bits per heavy atom. The van der Waals surface area contributed by atoms with E-state index in [2.05, 4.69) is 9.89 Å². The van der Waals surface area contributed by atoms with Crippen molar-refractivity contribution in [1.29, 1.82) is 0 Å². The fourth-order valence-electron chi connectivity index (χ4n) is 4.60. The van der Waals surface area contributed by atoms with Crippen molar-refractivity contribution in [2.45, 2.75) is 13.0 Å². The van der Waals surface area contributed by atoms with Crippen molar-refractivity contribution in [3.63, 3.8) is 0 Å². The zero-order chi connectivity index (χ0) is 27.0. The van der Waals surface area contributed by atoms with Crippen LogP contribution < -0.4 is 19.8 Å². The van der Waals surface area contributed by atoms with E-state index >= 15 is 0 Å². The highest BCUT2D eigenvalue weighted by Gasteiger charge is 2.34. The molecule has 3 heterocycles. The van der Waals surface area contributed by atoms with E-state index in [0.29, 0.717) is 33.8 Å². The van der Waals surface area contributed by atoms with Gasteiger partial charge in [-0.05, 0) is 42.3 Å². The molecule has 3 aromatic rings. The molecule has 1 unspecified atom stereocenters. The molecule has 0 saturated carbocycles. The number of nitrogens with zero attached hydrogens (tertiary/aromatic N) is 4. The number of carbonyl (C=O) groups is 1. The number of thiazole rings is 1. The predicted molar refractivity (Wildman–Crippen MR) is 143 cm³/mol. The molecule has 2 aliphatic heterocycles. The summed E-state index contributed by atoms with van der Waals surface area (Å²) in [7, 11) is 1.23. The maximum absolute atomic E-state index is 13.7. The number of fused-ring (bicyclic) bond motifs is 1. The van der Waals surface area contributed by atoms with E-state index in [1.807, 2.05) is 24.3 Å². The van der Waals surface area contributed by atoms with Gasteiger partial charge in [0.15, 0.2) is 4.80 Å². The van der Waals surface area contributed by atoms with Crippen LogP contribution >= 0.6 is 22.9 Å². The molecule has 1 atom stereocenters. The van der Waals surface area contributed by atoms with Crippen LogP contribution in [0.3, 0.4) is 0 Å². The minimum absolute atomic E-state index is 0.0491. The van der Waals surface area contributed by atoms with Gasteiger partial charge in [-0.1, -0.05) is 41.1 Å². The summed E-state index contributed by atoms with van der Waals surface area (Å²) < 4.78 is 12.2. The van der Waals surface area contributed by atoms with Gasteiger partial charge >= 0.3 is 5.97 Å². The summed E-state index contributed by atoms with van der Waals surface area (Å²) >= 11 is 7.21. The van der Waals surface area contributed by atoms with Gasteiger partial charge in [-0.2, -0.15) is 0 Å². The average Bonchev–Trinajstić information content (AvgIpc) is 3.22. The first-order valence-corrected chi connectivity index (χ1v) is 13.0. The van der Waals surface area contributed by atoms with Crippen LogP contribution in [0.5, 0.6) is 0 Å². The van der Waals surface area contributed by atoms with Crippen LogP contribution in [0, 0.1) is 10.1 Å². The van der Waals surface area contributed by atoms with Crippen LogP contribution in [0.15, 0.2) is 63.5 Å². The summed E-state index contributed by atoms with van der Waals surface area (Å²) in [5.41, 5.74) is 2.04. The number of benzene rings is 2. The van der Waals surface area contributed by atoms with Crippen molar-refractivity contribution in [2.24, 2.45) is 4.99 Å². The maximum Gasteiger partial charge on any atom is 0.338 e. The molecule has 0 aliphatic carbocycles. The fraction of sp³-hybridized carbons (Fsp3) is 0.269. The van der Waals surface area contributed by atoms with Crippen molar-refractivity contribution in [1.82, 2.24) is 4.57 Å². The summed E-state index contributed by atoms with van der Waals surface area (Å²) in [5, 5.41) is 11.5. The Balaban J connectivity index is 1.62. The topological polar surface area (TPSA) is 116 Å². The van der Waals surface area contributed by atoms with E-state index in [0.717, 1.165) is 24.3 Å². The normalized spacial score (nSPS) is 17.7. The number of aromatic nitrogens is 1. The zero-order valence-corrected chi connectivity index (χ0v) is 22.1. The van der Waals surface area contributed by atoms with Gasteiger partial charge in [-0.25, -0.2) is 9.79 Å². The molecule has 2 aromatic carbocycles. The van der Waals surface area contributed by atoms with E-state index < -0.39 is 16.9 Å². The molecule has 196 valence electrons. The highest BCUT2D eigenvalue weighted by atomic mass is 35.5. The first-order chi connectivity index (χ1) is 18.3. The standard InChI is InChI=1S/C26H23ClN4O6S/c1-15-22(25(33)36-2)23(17-5-8-19(27)20(14-17)31(34)35)30-24(32)21(38-26(30)28-15)13-16-3-6-18(7-4-16)29-9-11-37-12-10-29/h3-8,13-14,23H,9-12H2,1-2H3. The molecule has 0 amide bonds. The molecule has 5 rings (SSSR count). The summed E-state index contributed by atoms with van der Waals surface area (Å²) in [6.07, 6.45) is 1.77. The first kappa shape index (κ1) is 25.8. The number of nitro groups is 1. The maximum atomic E-state index is 13.7. The van der Waals surface area contributed by atoms with Gasteiger partial charge in [0, 0.05) is 24.8 Å². The molecule has 0 radical (unpaired) electrons. The molecule has 12 heteroatoms. The predicted octanol–water partition coefficient (Wildman–Crippen LogP) is 2.81. The van der Waals surface area contributed by atoms with Crippen molar-refractivity contribution in [3.05, 3.63) is 99.7 Å². The Hall–Kier alpha value is -3.80. The lowest BCUT2D eigenvalue weighted by molar-refractivity contribution is -0.384. The monoisotopic (exact) mass is 554 g/mol. The summed E-state index contributed by atoms with van der Waals surface area (Å²) in [6.45, 7) is 4.66. The number of halogens is 1. The number of carbonyl (C=O) groups excluding carboxylic acids is 1. The Morgan fingerprint density at radius 1 is 1.24 bits per heavy atom. The zero-order valence-electron chi connectivity index (χ0n) is 20.5. The van der Waals surface area contributed by atoms with Gasteiger partial charge < -0.3 is 14.4 Å². The third-order valence-electron chi connectivity index (χ3n) is 6.48. The van der Waals surface area contributed by atoms with Gasteiger partial charge in [0.1, 0.15) is 5.02 Å². The minimum Gasteiger partial charge on any atom is -0.466 e. The quantitative estimate of drug-likeness (QED) is 0.270. The van der Waals surface area contributed by atoms with Crippen molar-refractivity contribution >= 4 is 46.4 Å². The Morgan fingerprint density at radius 3 is 2.61 bits per heavy atom. The van der Waals surface area contributed by atoms with E-state index in [9.17, 15) is 19.7 Å². The molecular weight excluding hydrogens is 532 g/mol. The number of morpholine rings is 1. The Bertz CT molecular complexity index is 1640. The number of methoxy groups -OCH3 is 1. The minimum atomic E-state index is -0.972. The fourth-order valence-corrected chi connectivity index (χ4v) is 5.84. The molecular formula is C26H23ClN4O6S. The molecule has 0 bridgehead atoms. The second kappa shape index (κ2) is 10.5. The van der Waals surface area contributed by atoms with E-state index in [1.54, 1.807) is 19.1 Å². The van der Waals surface area contributed by atoms with Crippen LogP contribution in [-0.2, 0) is 14.3 Å². The third-order valence-corrected chi connectivity index (χ3v) is 7.78. The lowest BCUT2D eigenvalue weighted by Gasteiger charge is -2.28. The SMILES string of the molecule is COC(=O)C1=C(C)N=c2sc(=Cc3ccc(N4CCOCC4)cc3)c(=O)n2C1c1ccc(Cl)c([N+](=O)[O-])c1. The Labute approximate surface area is 225 Å². The summed E-state index contributed by atoms with van der Waals surface area (Å²) in [5.74, 6) is -0.679. The molecule has 1 aromatic heterocycles. The van der Waals surface area contributed by atoms with Crippen LogP contribution in [-0.4, -0.2) is 48.9 Å². The molecule has 38 heavy (non-hydrogen) atoms. The van der Waals surface area contributed by atoms with E-state index in [4.69, 9.17) is 21.1 Å². The van der Waals surface area contributed by atoms with Gasteiger partial charge in [-0.15, -0.1) is 0 Å². The number of nitro benzene ring substituents is 1.